The normalized spacial score (nSPS) is 17.3. The summed E-state index contributed by atoms with van der Waals surface area (Å²) >= 11 is 0. The van der Waals surface area contributed by atoms with Gasteiger partial charge in [0.25, 0.3) is 5.91 Å². The molecule has 26 heavy (non-hydrogen) atoms. The maximum absolute atomic E-state index is 12.5. The molecule has 0 saturated heterocycles. The van der Waals surface area contributed by atoms with Crippen LogP contribution in [0.5, 0.6) is 0 Å². The van der Waals surface area contributed by atoms with Gasteiger partial charge in [-0.3, -0.25) is 4.79 Å². The summed E-state index contributed by atoms with van der Waals surface area (Å²) in [7, 11) is 3.99. The second kappa shape index (κ2) is 8.15. The fourth-order valence-corrected chi connectivity index (χ4v) is 3.13. The van der Waals surface area contributed by atoms with E-state index < -0.39 is 12.1 Å². The standard InChI is InChI=1S/C21H24N2O3/c1-23(2)17(12-15-8-4-3-5-9-15)14-22-20(24)19-13-16-10-6-7-11-18(16)21(25)26-19/h3-11,17,19H,12-14H2,1-2H3,(H,22,24). The van der Waals surface area contributed by atoms with E-state index in [4.69, 9.17) is 4.74 Å². The molecule has 0 aliphatic carbocycles. The average Bonchev–Trinajstić information content (AvgIpc) is 2.65. The lowest BCUT2D eigenvalue weighted by atomic mass is 9.98. The predicted molar refractivity (Wildman–Crippen MR) is 100.0 cm³/mol. The summed E-state index contributed by atoms with van der Waals surface area (Å²) in [5.74, 6) is -0.673. The highest BCUT2D eigenvalue weighted by atomic mass is 16.5. The molecule has 0 bridgehead atoms. The second-order valence-corrected chi connectivity index (χ2v) is 6.81. The highest BCUT2D eigenvalue weighted by molar-refractivity contribution is 5.95. The van der Waals surface area contributed by atoms with Crippen LogP contribution >= 0.6 is 0 Å². The largest absolute Gasteiger partial charge is 0.448 e. The molecule has 3 rings (SSSR count). The number of ether oxygens (including phenoxy) is 1. The van der Waals surface area contributed by atoms with Crippen LogP contribution in [-0.2, 0) is 22.4 Å². The average molecular weight is 352 g/mol. The quantitative estimate of drug-likeness (QED) is 0.809. The molecule has 1 heterocycles. The van der Waals surface area contributed by atoms with Crippen molar-refractivity contribution in [1.82, 2.24) is 10.2 Å². The summed E-state index contributed by atoms with van der Waals surface area (Å²) in [6, 6.07) is 17.6. The Balaban J connectivity index is 1.60. The van der Waals surface area contributed by atoms with Crippen molar-refractivity contribution >= 4 is 11.9 Å². The van der Waals surface area contributed by atoms with Crippen molar-refractivity contribution in [2.24, 2.45) is 0 Å². The summed E-state index contributed by atoms with van der Waals surface area (Å²) in [5, 5.41) is 2.95. The number of hydrogen-bond acceptors (Lipinski definition) is 4. The lowest BCUT2D eigenvalue weighted by Gasteiger charge is -2.27. The van der Waals surface area contributed by atoms with Crippen molar-refractivity contribution in [2.75, 3.05) is 20.6 Å². The minimum atomic E-state index is -0.767. The molecule has 0 saturated carbocycles. The van der Waals surface area contributed by atoms with Gasteiger partial charge in [0.05, 0.1) is 5.56 Å². The van der Waals surface area contributed by atoms with Gasteiger partial charge in [-0.05, 0) is 37.7 Å². The first-order chi connectivity index (χ1) is 12.5. The molecular formula is C21H24N2O3. The van der Waals surface area contributed by atoms with E-state index in [1.165, 1.54) is 5.56 Å². The zero-order chi connectivity index (χ0) is 18.5. The number of fused-ring (bicyclic) bond motifs is 1. The van der Waals surface area contributed by atoms with Crippen molar-refractivity contribution in [1.29, 1.82) is 0 Å². The fourth-order valence-electron chi connectivity index (χ4n) is 3.13. The highest BCUT2D eigenvalue weighted by Crippen LogP contribution is 2.20. The molecule has 0 fully saturated rings. The number of benzene rings is 2. The first-order valence-corrected chi connectivity index (χ1v) is 8.81. The summed E-state index contributed by atoms with van der Waals surface area (Å²) in [6.07, 6.45) is 0.484. The number of amides is 1. The number of nitrogens with zero attached hydrogens (tertiary/aromatic N) is 1. The number of esters is 1. The lowest BCUT2D eigenvalue weighted by Crippen LogP contribution is -2.47. The first kappa shape index (κ1) is 18.1. The Hall–Kier alpha value is -2.66. The van der Waals surface area contributed by atoms with E-state index >= 15 is 0 Å². The predicted octanol–water partition coefficient (Wildman–Crippen LogP) is 2.06. The number of rotatable bonds is 6. The first-order valence-electron chi connectivity index (χ1n) is 8.81. The van der Waals surface area contributed by atoms with Crippen LogP contribution in [0.3, 0.4) is 0 Å². The maximum Gasteiger partial charge on any atom is 0.339 e. The summed E-state index contributed by atoms with van der Waals surface area (Å²) in [4.78, 5) is 26.7. The number of carbonyl (C=O) groups excluding carboxylic acids is 2. The van der Waals surface area contributed by atoms with E-state index in [-0.39, 0.29) is 11.9 Å². The van der Waals surface area contributed by atoms with Gasteiger partial charge in [-0.25, -0.2) is 4.79 Å². The third-order valence-corrected chi connectivity index (χ3v) is 4.74. The van der Waals surface area contributed by atoms with Gasteiger partial charge in [-0.15, -0.1) is 0 Å². The monoisotopic (exact) mass is 352 g/mol. The van der Waals surface area contributed by atoms with Crippen LogP contribution in [0.2, 0.25) is 0 Å². The zero-order valence-corrected chi connectivity index (χ0v) is 15.1. The van der Waals surface area contributed by atoms with Crippen LogP contribution in [0.4, 0.5) is 0 Å². The van der Waals surface area contributed by atoms with Gasteiger partial charge in [-0.1, -0.05) is 48.5 Å². The summed E-state index contributed by atoms with van der Waals surface area (Å²) < 4.78 is 5.32. The van der Waals surface area contributed by atoms with E-state index in [2.05, 4.69) is 22.3 Å². The zero-order valence-electron chi connectivity index (χ0n) is 15.1. The molecule has 2 atom stereocenters. The third kappa shape index (κ3) is 4.29. The molecule has 2 unspecified atom stereocenters. The lowest BCUT2D eigenvalue weighted by molar-refractivity contribution is -0.130. The Morgan fingerprint density at radius 1 is 1.15 bits per heavy atom. The van der Waals surface area contributed by atoms with Crippen molar-refractivity contribution in [3.8, 4) is 0 Å². The van der Waals surface area contributed by atoms with Gasteiger partial charge in [-0.2, -0.15) is 0 Å². The van der Waals surface area contributed by atoms with Gasteiger partial charge in [0.15, 0.2) is 6.10 Å². The molecule has 136 valence electrons. The molecule has 0 spiro atoms. The van der Waals surface area contributed by atoms with Crippen LogP contribution in [0.25, 0.3) is 0 Å². The topological polar surface area (TPSA) is 58.6 Å². The van der Waals surface area contributed by atoms with E-state index in [1.807, 2.05) is 44.4 Å². The Morgan fingerprint density at radius 2 is 1.85 bits per heavy atom. The van der Waals surface area contributed by atoms with E-state index in [0.717, 1.165) is 12.0 Å². The molecule has 0 radical (unpaired) electrons. The van der Waals surface area contributed by atoms with Gasteiger partial charge in [0, 0.05) is 19.0 Å². The molecule has 1 aliphatic rings. The Kier molecular flexibility index (Phi) is 5.68. The molecule has 1 amide bonds. The Labute approximate surface area is 154 Å². The molecule has 5 nitrogen and oxygen atoms in total. The van der Waals surface area contributed by atoms with Gasteiger partial charge in [0.1, 0.15) is 0 Å². The number of carbonyl (C=O) groups is 2. The van der Waals surface area contributed by atoms with Crippen molar-refractivity contribution in [3.63, 3.8) is 0 Å². The van der Waals surface area contributed by atoms with Gasteiger partial charge in [0.2, 0.25) is 0 Å². The molecule has 1 N–H and O–H groups in total. The smallest absolute Gasteiger partial charge is 0.339 e. The molecule has 5 heteroatoms. The number of likely N-dealkylation sites (N-methyl/N-ethyl adjacent to an activating group) is 1. The Morgan fingerprint density at radius 3 is 2.58 bits per heavy atom. The van der Waals surface area contributed by atoms with Crippen LogP contribution in [0, 0.1) is 0 Å². The van der Waals surface area contributed by atoms with E-state index in [0.29, 0.717) is 18.5 Å². The second-order valence-electron chi connectivity index (χ2n) is 6.81. The van der Waals surface area contributed by atoms with Crippen molar-refractivity contribution in [3.05, 3.63) is 71.3 Å². The van der Waals surface area contributed by atoms with Gasteiger partial charge >= 0.3 is 5.97 Å². The summed E-state index contributed by atoms with van der Waals surface area (Å²) in [5.41, 5.74) is 2.63. The molecule has 0 aromatic heterocycles. The van der Waals surface area contributed by atoms with Crippen molar-refractivity contribution < 1.29 is 14.3 Å². The Bertz CT molecular complexity index is 774. The van der Waals surface area contributed by atoms with Crippen LogP contribution < -0.4 is 5.32 Å². The molecule has 1 aliphatic heterocycles. The van der Waals surface area contributed by atoms with Crippen LogP contribution in [0.15, 0.2) is 54.6 Å². The molecule has 2 aromatic rings. The SMILES string of the molecule is CN(C)C(CNC(=O)C1Cc2ccccc2C(=O)O1)Cc1ccccc1. The number of cyclic esters (lactones) is 1. The van der Waals surface area contributed by atoms with E-state index in [1.54, 1.807) is 12.1 Å². The summed E-state index contributed by atoms with van der Waals surface area (Å²) in [6.45, 7) is 0.496. The molecular weight excluding hydrogens is 328 g/mol. The fraction of sp³-hybridized carbons (Fsp3) is 0.333. The minimum Gasteiger partial charge on any atom is -0.448 e. The number of nitrogens with one attached hydrogen (secondary N) is 1. The minimum absolute atomic E-state index is 0.160. The van der Waals surface area contributed by atoms with Gasteiger partial charge < -0.3 is 15.0 Å². The van der Waals surface area contributed by atoms with Crippen molar-refractivity contribution in [2.45, 2.75) is 25.0 Å². The maximum atomic E-state index is 12.5. The van der Waals surface area contributed by atoms with E-state index in [9.17, 15) is 9.59 Å². The van der Waals surface area contributed by atoms with Crippen LogP contribution in [0.1, 0.15) is 21.5 Å². The molecule has 2 aromatic carbocycles. The van der Waals surface area contributed by atoms with Crippen LogP contribution in [-0.4, -0.2) is 49.6 Å². The number of hydrogen-bond donors (Lipinski definition) is 1. The third-order valence-electron chi connectivity index (χ3n) is 4.74. The highest BCUT2D eigenvalue weighted by Gasteiger charge is 2.31.